The van der Waals surface area contributed by atoms with E-state index < -0.39 is 15.3 Å². The first-order valence-electron chi connectivity index (χ1n) is 11.1. The highest BCUT2D eigenvalue weighted by Gasteiger charge is 2.28. The number of hydrogen-bond acceptors (Lipinski definition) is 7. The Morgan fingerprint density at radius 1 is 1.15 bits per heavy atom. The Balaban J connectivity index is 1.72. The summed E-state index contributed by atoms with van der Waals surface area (Å²) in [5.41, 5.74) is 10.7. The molecule has 0 atom stereocenters. The second-order valence-corrected chi connectivity index (χ2v) is 12.0. The molecule has 8 nitrogen and oxygen atoms in total. The maximum Gasteiger partial charge on any atom is 0.244 e. The minimum atomic E-state index is -3.69. The van der Waals surface area contributed by atoms with Crippen molar-refractivity contribution < 1.29 is 13.5 Å². The van der Waals surface area contributed by atoms with Crippen molar-refractivity contribution in [2.45, 2.75) is 56.9 Å². The Bertz CT molecular complexity index is 1400. The molecule has 1 aliphatic rings. The highest BCUT2D eigenvalue weighted by atomic mass is 32.2. The molecule has 174 valence electrons. The van der Waals surface area contributed by atoms with E-state index in [4.69, 9.17) is 10.7 Å². The summed E-state index contributed by atoms with van der Waals surface area (Å²) >= 11 is 1.61. The number of nitrogens with two attached hydrogens (primary N) is 1. The molecule has 0 radical (unpaired) electrons. The predicted molar refractivity (Wildman–Crippen MR) is 132 cm³/mol. The Labute approximate surface area is 196 Å². The quantitative estimate of drug-likeness (QED) is 0.436. The summed E-state index contributed by atoms with van der Waals surface area (Å²) in [5, 5.41) is 13.4. The van der Waals surface area contributed by atoms with Gasteiger partial charge in [0.25, 0.3) is 0 Å². The number of benzene rings is 1. The summed E-state index contributed by atoms with van der Waals surface area (Å²) < 4.78 is 29.4. The van der Waals surface area contributed by atoms with Gasteiger partial charge in [-0.05, 0) is 63.1 Å². The van der Waals surface area contributed by atoms with Gasteiger partial charge in [-0.2, -0.15) is 11.3 Å². The molecule has 0 spiro atoms. The van der Waals surface area contributed by atoms with Gasteiger partial charge in [-0.25, -0.2) is 22.4 Å². The van der Waals surface area contributed by atoms with Crippen LogP contribution in [0.25, 0.3) is 33.5 Å². The molecule has 3 heterocycles. The smallest absolute Gasteiger partial charge is 0.244 e. The van der Waals surface area contributed by atoms with Crippen LogP contribution < -0.4 is 5.73 Å². The zero-order valence-corrected chi connectivity index (χ0v) is 20.2. The van der Waals surface area contributed by atoms with Crippen molar-refractivity contribution in [1.82, 2.24) is 18.5 Å². The topological polar surface area (TPSA) is 116 Å². The average molecular weight is 486 g/mol. The number of anilines is 1. The van der Waals surface area contributed by atoms with Gasteiger partial charge in [0.1, 0.15) is 0 Å². The fourth-order valence-electron chi connectivity index (χ4n) is 4.57. The molecule has 33 heavy (non-hydrogen) atoms. The molecule has 4 aromatic rings. The Morgan fingerprint density at radius 3 is 2.58 bits per heavy atom. The molecular weight excluding hydrogens is 458 g/mol. The lowest BCUT2D eigenvalue weighted by atomic mass is 9.92. The Kier molecular flexibility index (Phi) is 5.54. The number of imidazole rings is 2. The van der Waals surface area contributed by atoms with Gasteiger partial charge >= 0.3 is 0 Å². The van der Waals surface area contributed by atoms with Crippen LogP contribution in [0.4, 0.5) is 5.95 Å². The molecular formula is C23H27N5O3S2. The third-order valence-electron chi connectivity index (χ3n) is 6.41. The fourth-order valence-corrected chi connectivity index (χ4v) is 6.35. The second-order valence-electron chi connectivity index (χ2n) is 8.86. The van der Waals surface area contributed by atoms with Crippen molar-refractivity contribution in [3.63, 3.8) is 0 Å². The summed E-state index contributed by atoms with van der Waals surface area (Å²) in [6.45, 7) is 3.26. The zero-order chi connectivity index (χ0) is 23.3. The van der Waals surface area contributed by atoms with E-state index in [2.05, 4.69) is 14.9 Å². The van der Waals surface area contributed by atoms with E-state index in [-0.39, 0.29) is 18.1 Å². The van der Waals surface area contributed by atoms with Crippen LogP contribution in [0.15, 0.2) is 41.4 Å². The third-order valence-corrected chi connectivity index (χ3v) is 9.18. The van der Waals surface area contributed by atoms with Gasteiger partial charge in [0.2, 0.25) is 16.0 Å². The number of aliphatic hydroxyl groups excluding tert-OH is 1. The SMILES string of the molecule is CC(C)S(=O)(=O)n1c(N)nc2ccc(-c3c(-c4ccsc4)ncn3C3CCC(O)CC3)cc21. The van der Waals surface area contributed by atoms with Gasteiger partial charge in [-0.15, -0.1) is 0 Å². The van der Waals surface area contributed by atoms with E-state index in [0.29, 0.717) is 11.0 Å². The van der Waals surface area contributed by atoms with Gasteiger partial charge in [-0.3, -0.25) is 0 Å². The zero-order valence-electron chi connectivity index (χ0n) is 18.5. The summed E-state index contributed by atoms with van der Waals surface area (Å²) in [7, 11) is -3.69. The van der Waals surface area contributed by atoms with E-state index >= 15 is 0 Å². The third kappa shape index (κ3) is 3.75. The molecule has 0 bridgehead atoms. The molecule has 1 aliphatic carbocycles. The van der Waals surface area contributed by atoms with Crippen LogP contribution in [0.2, 0.25) is 0 Å². The van der Waals surface area contributed by atoms with E-state index in [9.17, 15) is 13.5 Å². The lowest BCUT2D eigenvalue weighted by molar-refractivity contribution is 0.111. The highest BCUT2D eigenvalue weighted by molar-refractivity contribution is 7.90. The molecule has 3 N–H and O–H groups in total. The van der Waals surface area contributed by atoms with Gasteiger partial charge in [0.05, 0.1) is 40.1 Å². The van der Waals surface area contributed by atoms with Crippen LogP contribution in [0, 0.1) is 0 Å². The molecule has 0 amide bonds. The number of nitrogen functional groups attached to an aromatic ring is 1. The lowest BCUT2D eigenvalue weighted by Crippen LogP contribution is -2.23. The van der Waals surface area contributed by atoms with Gasteiger partial charge in [0.15, 0.2) is 0 Å². The van der Waals surface area contributed by atoms with E-state index in [1.165, 1.54) is 0 Å². The Hall–Kier alpha value is -2.69. The van der Waals surface area contributed by atoms with Crippen molar-refractivity contribution in [3.8, 4) is 22.5 Å². The summed E-state index contributed by atoms with van der Waals surface area (Å²) in [6.07, 6.45) is 4.85. The van der Waals surface area contributed by atoms with Gasteiger partial charge in [0, 0.05) is 22.5 Å². The Morgan fingerprint density at radius 2 is 1.91 bits per heavy atom. The van der Waals surface area contributed by atoms with Gasteiger partial charge in [-0.1, -0.05) is 6.07 Å². The van der Waals surface area contributed by atoms with Crippen LogP contribution in [-0.4, -0.2) is 43.4 Å². The highest BCUT2D eigenvalue weighted by Crippen LogP contribution is 2.39. The summed E-state index contributed by atoms with van der Waals surface area (Å²) in [5.74, 6) is -0.0383. The normalized spacial score (nSPS) is 19.5. The number of nitrogens with zero attached hydrogens (tertiary/aromatic N) is 4. The largest absolute Gasteiger partial charge is 0.393 e. The predicted octanol–water partition coefficient (Wildman–Crippen LogP) is 4.27. The first-order chi connectivity index (χ1) is 15.8. The molecule has 0 aliphatic heterocycles. The summed E-state index contributed by atoms with van der Waals surface area (Å²) in [4.78, 5) is 9.05. The molecule has 1 fully saturated rings. The van der Waals surface area contributed by atoms with Crippen LogP contribution in [0.3, 0.4) is 0 Å². The minimum absolute atomic E-state index is 0.0383. The number of aromatic nitrogens is 4. The molecule has 1 aromatic carbocycles. The monoisotopic (exact) mass is 485 g/mol. The fraction of sp³-hybridized carbons (Fsp3) is 0.391. The van der Waals surface area contributed by atoms with Crippen molar-refractivity contribution >= 4 is 38.3 Å². The number of aliphatic hydroxyl groups is 1. The van der Waals surface area contributed by atoms with Crippen molar-refractivity contribution in [1.29, 1.82) is 0 Å². The van der Waals surface area contributed by atoms with E-state index in [1.54, 1.807) is 25.2 Å². The maximum atomic E-state index is 13.0. The van der Waals surface area contributed by atoms with Crippen LogP contribution in [-0.2, 0) is 10.0 Å². The molecule has 0 saturated heterocycles. The molecule has 10 heteroatoms. The number of thiophene rings is 1. The van der Waals surface area contributed by atoms with Crippen molar-refractivity contribution in [2.75, 3.05) is 5.73 Å². The van der Waals surface area contributed by atoms with Crippen LogP contribution >= 0.6 is 11.3 Å². The minimum Gasteiger partial charge on any atom is -0.393 e. The van der Waals surface area contributed by atoms with Crippen LogP contribution in [0.1, 0.15) is 45.6 Å². The standard InChI is InChI=1S/C23H27N5O3S2/c1-14(2)33(30,31)28-20-11-15(3-8-19(20)26-23(28)24)22-21(16-9-10-32-12-16)25-13-27(22)17-4-6-18(29)7-5-17/h3,8-14,17-18,29H,4-7H2,1-2H3,(H2,24,26). The molecule has 3 aromatic heterocycles. The summed E-state index contributed by atoms with van der Waals surface area (Å²) in [6, 6.07) is 7.86. The lowest BCUT2D eigenvalue weighted by Gasteiger charge is -2.28. The number of hydrogen-bond donors (Lipinski definition) is 2. The first-order valence-corrected chi connectivity index (χ1v) is 13.5. The first kappa shape index (κ1) is 22.1. The van der Waals surface area contributed by atoms with Gasteiger partial charge < -0.3 is 15.4 Å². The van der Waals surface area contributed by atoms with Crippen molar-refractivity contribution in [2.24, 2.45) is 0 Å². The van der Waals surface area contributed by atoms with Crippen LogP contribution in [0.5, 0.6) is 0 Å². The van der Waals surface area contributed by atoms with E-state index in [1.807, 2.05) is 36.0 Å². The average Bonchev–Trinajstić information content (AvgIpc) is 3.51. The molecule has 1 saturated carbocycles. The van der Waals surface area contributed by atoms with E-state index in [0.717, 1.165) is 52.2 Å². The number of fused-ring (bicyclic) bond motifs is 1. The second kappa shape index (κ2) is 8.27. The molecule has 0 unspecified atom stereocenters. The maximum absolute atomic E-state index is 13.0. The van der Waals surface area contributed by atoms with Crippen molar-refractivity contribution in [3.05, 3.63) is 41.4 Å². The molecule has 5 rings (SSSR count). The number of rotatable bonds is 5.